The summed E-state index contributed by atoms with van der Waals surface area (Å²) in [5.41, 5.74) is 0.829. The average molecular weight is 251 g/mol. The van der Waals surface area contributed by atoms with Crippen LogP contribution in [0, 0.1) is 5.92 Å². The zero-order valence-corrected chi connectivity index (χ0v) is 11.6. The molecule has 1 atom stereocenters. The Kier molecular flexibility index (Phi) is 5.13. The van der Waals surface area contributed by atoms with Gasteiger partial charge in [-0.15, -0.1) is 0 Å². The Morgan fingerprint density at radius 1 is 1.22 bits per heavy atom. The van der Waals surface area contributed by atoms with E-state index in [0.717, 1.165) is 5.56 Å². The minimum atomic E-state index is -0.307. The molecule has 1 unspecified atom stereocenters. The van der Waals surface area contributed by atoms with Gasteiger partial charge in [0, 0.05) is 6.20 Å². The monoisotopic (exact) mass is 251 g/mol. The number of carbonyl (C=O) groups excluding carboxylic acids is 1. The fourth-order valence-electron chi connectivity index (χ4n) is 1.86. The number of carbonyl (C=O) groups is 1. The third-order valence-corrected chi connectivity index (χ3v) is 2.59. The largest absolute Gasteiger partial charge is 0.489 e. The van der Waals surface area contributed by atoms with Crippen LogP contribution in [0.1, 0.15) is 39.2 Å². The summed E-state index contributed by atoms with van der Waals surface area (Å²) in [4.78, 5) is 15.9. The minimum absolute atomic E-state index is 0.0812. The van der Waals surface area contributed by atoms with Gasteiger partial charge in [-0.25, -0.2) is 0 Å². The van der Waals surface area contributed by atoms with E-state index in [-0.39, 0.29) is 23.9 Å². The molecular formula is C14H21NO3. The molecule has 0 fully saturated rings. The van der Waals surface area contributed by atoms with E-state index in [1.807, 2.05) is 33.8 Å². The quantitative estimate of drug-likeness (QED) is 0.755. The van der Waals surface area contributed by atoms with E-state index in [4.69, 9.17) is 9.47 Å². The molecule has 0 saturated heterocycles. The Hall–Kier alpha value is -1.58. The van der Waals surface area contributed by atoms with Crippen molar-refractivity contribution in [3.63, 3.8) is 0 Å². The molecule has 0 amide bonds. The number of pyridine rings is 1. The predicted molar refractivity (Wildman–Crippen MR) is 69.6 cm³/mol. The van der Waals surface area contributed by atoms with E-state index < -0.39 is 0 Å². The van der Waals surface area contributed by atoms with E-state index in [1.54, 1.807) is 12.4 Å². The second kappa shape index (κ2) is 6.38. The molecule has 18 heavy (non-hydrogen) atoms. The van der Waals surface area contributed by atoms with Crippen molar-refractivity contribution in [3.8, 4) is 5.75 Å². The van der Waals surface area contributed by atoms with Crippen LogP contribution in [-0.4, -0.2) is 24.2 Å². The molecule has 0 aliphatic carbocycles. The lowest BCUT2D eigenvalue weighted by molar-refractivity contribution is -0.143. The number of rotatable bonds is 5. The molecule has 1 aromatic heterocycles. The van der Waals surface area contributed by atoms with Gasteiger partial charge in [-0.2, -0.15) is 0 Å². The lowest BCUT2D eigenvalue weighted by Crippen LogP contribution is -2.20. The van der Waals surface area contributed by atoms with Crippen LogP contribution in [0.2, 0.25) is 0 Å². The fraction of sp³-hybridized carbons (Fsp3) is 0.571. The lowest BCUT2D eigenvalue weighted by Gasteiger charge is -2.19. The maximum absolute atomic E-state index is 11.8. The van der Waals surface area contributed by atoms with Crippen LogP contribution in [0.4, 0.5) is 0 Å². The van der Waals surface area contributed by atoms with Gasteiger partial charge < -0.3 is 9.47 Å². The third-order valence-electron chi connectivity index (χ3n) is 2.59. The summed E-state index contributed by atoms with van der Waals surface area (Å²) in [5.74, 6) is 0.275. The SMILES string of the molecule is COC(=O)C(c1cncc(OC(C)C)c1)C(C)C. The van der Waals surface area contributed by atoms with Crippen LogP contribution in [0.5, 0.6) is 5.75 Å². The second-order valence-corrected chi connectivity index (χ2v) is 4.87. The average Bonchev–Trinajstić information content (AvgIpc) is 2.28. The van der Waals surface area contributed by atoms with Gasteiger partial charge >= 0.3 is 5.97 Å². The third kappa shape index (κ3) is 3.72. The van der Waals surface area contributed by atoms with Crippen LogP contribution < -0.4 is 4.74 Å². The normalized spacial score (nSPS) is 12.6. The predicted octanol–water partition coefficient (Wildman–Crippen LogP) is 2.78. The molecule has 0 spiro atoms. The first-order valence-electron chi connectivity index (χ1n) is 6.15. The van der Waals surface area contributed by atoms with Gasteiger partial charge in [0.1, 0.15) is 5.75 Å². The van der Waals surface area contributed by atoms with Gasteiger partial charge in [0.2, 0.25) is 0 Å². The molecule has 0 aliphatic heterocycles. The molecule has 4 nitrogen and oxygen atoms in total. The standard InChI is InChI=1S/C14H21NO3/c1-9(2)13(14(16)17-5)11-6-12(8-15-7-11)18-10(3)4/h6-10,13H,1-5H3. The molecule has 0 saturated carbocycles. The van der Waals surface area contributed by atoms with Gasteiger partial charge in [-0.1, -0.05) is 13.8 Å². The van der Waals surface area contributed by atoms with Gasteiger partial charge in [0.15, 0.2) is 0 Å². The topological polar surface area (TPSA) is 48.4 Å². The Morgan fingerprint density at radius 2 is 1.89 bits per heavy atom. The lowest BCUT2D eigenvalue weighted by atomic mass is 9.89. The molecule has 1 rings (SSSR count). The summed E-state index contributed by atoms with van der Waals surface area (Å²) < 4.78 is 10.4. The molecule has 0 N–H and O–H groups in total. The summed E-state index contributed by atoms with van der Waals surface area (Å²) in [7, 11) is 1.40. The first kappa shape index (κ1) is 14.5. The Bertz CT molecular complexity index is 402. The Labute approximate surface area is 108 Å². The van der Waals surface area contributed by atoms with Crippen LogP contribution in [0.25, 0.3) is 0 Å². The maximum atomic E-state index is 11.8. The number of nitrogens with zero attached hydrogens (tertiary/aromatic N) is 1. The van der Waals surface area contributed by atoms with Crippen molar-refractivity contribution in [1.29, 1.82) is 0 Å². The summed E-state index contributed by atoms with van der Waals surface area (Å²) in [6, 6.07) is 1.86. The summed E-state index contributed by atoms with van der Waals surface area (Å²) in [6.45, 7) is 7.87. The van der Waals surface area contributed by atoms with Crippen molar-refractivity contribution in [2.24, 2.45) is 5.92 Å². The molecule has 4 heteroatoms. The molecule has 0 radical (unpaired) electrons. The number of esters is 1. The molecule has 100 valence electrons. The highest BCUT2D eigenvalue weighted by atomic mass is 16.5. The first-order chi connectivity index (χ1) is 8.45. The van der Waals surface area contributed by atoms with Crippen molar-refractivity contribution >= 4 is 5.97 Å². The highest BCUT2D eigenvalue weighted by Crippen LogP contribution is 2.27. The zero-order chi connectivity index (χ0) is 13.7. The number of ether oxygens (including phenoxy) is 2. The van der Waals surface area contributed by atoms with E-state index in [1.165, 1.54) is 7.11 Å². The first-order valence-corrected chi connectivity index (χ1v) is 6.15. The number of methoxy groups -OCH3 is 1. The van der Waals surface area contributed by atoms with E-state index in [2.05, 4.69) is 4.98 Å². The number of aromatic nitrogens is 1. The number of hydrogen-bond acceptors (Lipinski definition) is 4. The van der Waals surface area contributed by atoms with Gasteiger partial charge in [-0.05, 0) is 31.4 Å². The summed E-state index contributed by atoms with van der Waals surface area (Å²) in [6.07, 6.45) is 3.42. The fourth-order valence-corrected chi connectivity index (χ4v) is 1.86. The number of hydrogen-bond donors (Lipinski definition) is 0. The van der Waals surface area contributed by atoms with Crippen molar-refractivity contribution in [3.05, 3.63) is 24.0 Å². The van der Waals surface area contributed by atoms with E-state index in [9.17, 15) is 4.79 Å². The van der Waals surface area contributed by atoms with Gasteiger partial charge in [0.05, 0.1) is 25.3 Å². The molecule has 0 aromatic carbocycles. The Morgan fingerprint density at radius 3 is 2.39 bits per heavy atom. The summed E-state index contributed by atoms with van der Waals surface area (Å²) >= 11 is 0. The zero-order valence-electron chi connectivity index (χ0n) is 11.6. The van der Waals surface area contributed by atoms with Crippen molar-refractivity contribution in [1.82, 2.24) is 4.98 Å². The molecular weight excluding hydrogens is 230 g/mol. The maximum Gasteiger partial charge on any atom is 0.313 e. The molecule has 0 aliphatic rings. The Balaban J connectivity index is 3.02. The van der Waals surface area contributed by atoms with E-state index >= 15 is 0 Å². The highest BCUT2D eigenvalue weighted by molar-refractivity contribution is 5.78. The molecule has 1 heterocycles. The van der Waals surface area contributed by atoms with Crippen molar-refractivity contribution in [2.75, 3.05) is 7.11 Å². The van der Waals surface area contributed by atoms with E-state index in [0.29, 0.717) is 5.75 Å². The summed E-state index contributed by atoms with van der Waals surface area (Å²) in [5, 5.41) is 0. The van der Waals surface area contributed by atoms with Crippen LogP contribution >= 0.6 is 0 Å². The van der Waals surface area contributed by atoms with Gasteiger partial charge in [-0.3, -0.25) is 9.78 Å². The van der Waals surface area contributed by atoms with Crippen molar-refractivity contribution in [2.45, 2.75) is 39.7 Å². The van der Waals surface area contributed by atoms with Crippen LogP contribution in [0.15, 0.2) is 18.5 Å². The minimum Gasteiger partial charge on any atom is -0.489 e. The van der Waals surface area contributed by atoms with Crippen LogP contribution in [0.3, 0.4) is 0 Å². The highest BCUT2D eigenvalue weighted by Gasteiger charge is 2.25. The molecule has 1 aromatic rings. The van der Waals surface area contributed by atoms with Gasteiger partial charge in [0.25, 0.3) is 0 Å². The molecule has 0 bridgehead atoms. The smallest absolute Gasteiger partial charge is 0.313 e. The second-order valence-electron chi connectivity index (χ2n) is 4.87. The van der Waals surface area contributed by atoms with Crippen LogP contribution in [-0.2, 0) is 9.53 Å². The van der Waals surface area contributed by atoms with Crippen molar-refractivity contribution < 1.29 is 14.3 Å².